The molecule has 0 bridgehead atoms. The topological polar surface area (TPSA) is 55.6 Å². The van der Waals surface area contributed by atoms with Gasteiger partial charge in [0.2, 0.25) is 0 Å². The van der Waals surface area contributed by atoms with Crippen LogP contribution in [0.4, 0.5) is 0 Å². The predicted octanol–water partition coefficient (Wildman–Crippen LogP) is 0.0112. The van der Waals surface area contributed by atoms with Crippen molar-refractivity contribution in [1.82, 2.24) is 5.01 Å². The number of esters is 1. The van der Waals surface area contributed by atoms with Crippen LogP contribution in [-0.2, 0) is 9.53 Å². The minimum Gasteiger partial charge on any atom is -0.450 e. The monoisotopic (exact) mass is 156 g/mol. The van der Waals surface area contributed by atoms with E-state index in [1.54, 1.807) is 20.9 Å². The lowest BCUT2D eigenvalue weighted by atomic mass is 10.1. The third kappa shape index (κ3) is 1.35. The molecule has 1 rings (SSSR count). The molecule has 11 heavy (non-hydrogen) atoms. The molecule has 0 spiro atoms. The number of nitrogens with zero attached hydrogens (tertiary/aromatic N) is 1. The van der Waals surface area contributed by atoms with Crippen LogP contribution in [-0.4, -0.2) is 23.6 Å². The van der Waals surface area contributed by atoms with Crippen LogP contribution in [0.1, 0.15) is 13.8 Å². The van der Waals surface area contributed by atoms with Crippen molar-refractivity contribution in [3.05, 3.63) is 11.8 Å². The van der Waals surface area contributed by atoms with E-state index in [0.717, 1.165) is 0 Å². The largest absolute Gasteiger partial charge is 0.450 e. The molecule has 0 aromatic heterocycles. The summed E-state index contributed by atoms with van der Waals surface area (Å²) in [4.78, 5) is 10.8. The standard InChI is InChI=1S/C7H12N2O2/c1-7(2)5(9(3)8)4-6(10)11-7/h4H,8H2,1-3H3. The second kappa shape index (κ2) is 2.23. The quantitative estimate of drug-likeness (QED) is 0.330. The van der Waals surface area contributed by atoms with E-state index in [9.17, 15) is 4.79 Å². The van der Waals surface area contributed by atoms with E-state index in [0.29, 0.717) is 5.70 Å². The van der Waals surface area contributed by atoms with E-state index >= 15 is 0 Å². The molecule has 0 atom stereocenters. The Morgan fingerprint density at radius 2 is 2.18 bits per heavy atom. The van der Waals surface area contributed by atoms with Crippen LogP contribution in [0.2, 0.25) is 0 Å². The van der Waals surface area contributed by atoms with Crippen LogP contribution in [0.3, 0.4) is 0 Å². The number of carbonyl (C=O) groups is 1. The Kier molecular flexibility index (Phi) is 1.64. The van der Waals surface area contributed by atoms with E-state index in [1.807, 2.05) is 0 Å². The number of ether oxygens (including phenoxy) is 1. The van der Waals surface area contributed by atoms with Crippen molar-refractivity contribution < 1.29 is 9.53 Å². The normalized spacial score (nSPS) is 21.1. The molecule has 1 heterocycles. The first kappa shape index (κ1) is 8.07. The zero-order valence-corrected chi connectivity index (χ0v) is 6.92. The van der Waals surface area contributed by atoms with Gasteiger partial charge in [0, 0.05) is 13.1 Å². The predicted molar refractivity (Wildman–Crippen MR) is 40.2 cm³/mol. The van der Waals surface area contributed by atoms with Crippen LogP contribution in [0.5, 0.6) is 0 Å². The molecule has 4 heteroatoms. The zero-order chi connectivity index (χ0) is 8.65. The summed E-state index contributed by atoms with van der Waals surface area (Å²) in [6.45, 7) is 3.60. The molecule has 0 unspecified atom stereocenters. The fraction of sp³-hybridized carbons (Fsp3) is 0.571. The number of hydrogen-bond acceptors (Lipinski definition) is 4. The van der Waals surface area contributed by atoms with Gasteiger partial charge in [-0.1, -0.05) is 0 Å². The first-order valence-electron chi connectivity index (χ1n) is 3.37. The third-order valence-electron chi connectivity index (χ3n) is 1.61. The van der Waals surface area contributed by atoms with Gasteiger partial charge in [0.1, 0.15) is 5.60 Å². The highest BCUT2D eigenvalue weighted by Gasteiger charge is 2.35. The van der Waals surface area contributed by atoms with Gasteiger partial charge in [0.25, 0.3) is 0 Å². The lowest BCUT2D eigenvalue weighted by Crippen LogP contribution is -2.36. The van der Waals surface area contributed by atoms with Crippen LogP contribution in [0.15, 0.2) is 11.8 Å². The first-order valence-corrected chi connectivity index (χ1v) is 3.37. The van der Waals surface area contributed by atoms with Crippen molar-refractivity contribution in [1.29, 1.82) is 0 Å². The van der Waals surface area contributed by atoms with Gasteiger partial charge in [-0.15, -0.1) is 0 Å². The Morgan fingerprint density at radius 3 is 2.36 bits per heavy atom. The van der Waals surface area contributed by atoms with Crippen molar-refractivity contribution in [2.24, 2.45) is 5.84 Å². The third-order valence-corrected chi connectivity index (χ3v) is 1.61. The molecule has 0 saturated carbocycles. The Hall–Kier alpha value is -1.03. The van der Waals surface area contributed by atoms with E-state index in [1.165, 1.54) is 11.1 Å². The maximum atomic E-state index is 10.8. The summed E-state index contributed by atoms with van der Waals surface area (Å²) in [6.07, 6.45) is 1.40. The highest BCUT2D eigenvalue weighted by molar-refractivity contribution is 5.86. The summed E-state index contributed by atoms with van der Waals surface area (Å²) in [5, 5.41) is 1.39. The van der Waals surface area contributed by atoms with Gasteiger partial charge in [0.15, 0.2) is 0 Å². The molecule has 0 aliphatic carbocycles. The summed E-state index contributed by atoms with van der Waals surface area (Å²) in [5.41, 5.74) is 0.114. The molecule has 0 radical (unpaired) electrons. The molecular weight excluding hydrogens is 144 g/mol. The SMILES string of the molecule is CN(N)C1=CC(=O)OC1(C)C. The van der Waals surface area contributed by atoms with E-state index in [2.05, 4.69) is 0 Å². The molecule has 0 aromatic rings. The number of likely N-dealkylation sites (N-methyl/N-ethyl adjacent to an activating group) is 1. The van der Waals surface area contributed by atoms with Crippen molar-refractivity contribution in [2.75, 3.05) is 7.05 Å². The second-order valence-corrected chi connectivity index (χ2v) is 3.07. The Balaban J connectivity index is 2.92. The van der Waals surface area contributed by atoms with E-state index in [4.69, 9.17) is 10.6 Å². The van der Waals surface area contributed by atoms with Crippen molar-refractivity contribution in [3.63, 3.8) is 0 Å². The van der Waals surface area contributed by atoms with Gasteiger partial charge < -0.3 is 9.75 Å². The van der Waals surface area contributed by atoms with Gasteiger partial charge in [-0.2, -0.15) is 0 Å². The minimum atomic E-state index is -0.583. The fourth-order valence-corrected chi connectivity index (χ4v) is 1.15. The van der Waals surface area contributed by atoms with Gasteiger partial charge in [-0.05, 0) is 13.8 Å². The average Bonchev–Trinajstić information content (AvgIpc) is 2.04. The maximum Gasteiger partial charge on any atom is 0.333 e. The number of nitrogens with two attached hydrogens (primary N) is 1. The van der Waals surface area contributed by atoms with E-state index < -0.39 is 5.60 Å². The Bertz CT molecular complexity index is 218. The molecule has 0 amide bonds. The molecule has 1 aliphatic rings. The van der Waals surface area contributed by atoms with Crippen LogP contribution < -0.4 is 5.84 Å². The summed E-state index contributed by atoms with van der Waals surface area (Å²) in [7, 11) is 1.68. The molecule has 0 aromatic carbocycles. The lowest BCUT2D eigenvalue weighted by Gasteiger charge is -2.25. The van der Waals surface area contributed by atoms with Crippen LogP contribution in [0, 0.1) is 0 Å². The van der Waals surface area contributed by atoms with Gasteiger partial charge in [0.05, 0.1) is 5.70 Å². The van der Waals surface area contributed by atoms with Gasteiger partial charge in [-0.25, -0.2) is 10.6 Å². The Morgan fingerprint density at radius 1 is 1.64 bits per heavy atom. The molecular formula is C7H12N2O2. The lowest BCUT2D eigenvalue weighted by molar-refractivity contribution is -0.144. The van der Waals surface area contributed by atoms with Crippen LogP contribution in [0.25, 0.3) is 0 Å². The molecule has 62 valence electrons. The summed E-state index contributed by atoms with van der Waals surface area (Å²) in [6, 6.07) is 0. The fourth-order valence-electron chi connectivity index (χ4n) is 1.15. The molecule has 0 fully saturated rings. The van der Waals surface area contributed by atoms with E-state index in [-0.39, 0.29) is 5.97 Å². The van der Waals surface area contributed by atoms with Gasteiger partial charge in [-0.3, -0.25) is 0 Å². The first-order chi connectivity index (χ1) is 4.93. The second-order valence-electron chi connectivity index (χ2n) is 3.07. The zero-order valence-electron chi connectivity index (χ0n) is 6.92. The smallest absolute Gasteiger partial charge is 0.333 e. The molecule has 1 aliphatic heterocycles. The molecule has 2 N–H and O–H groups in total. The number of cyclic esters (lactones) is 1. The van der Waals surface area contributed by atoms with Crippen molar-refractivity contribution >= 4 is 5.97 Å². The van der Waals surface area contributed by atoms with Crippen LogP contribution >= 0.6 is 0 Å². The number of hydrogen-bond donors (Lipinski definition) is 1. The molecule has 4 nitrogen and oxygen atoms in total. The van der Waals surface area contributed by atoms with Gasteiger partial charge >= 0.3 is 5.97 Å². The highest BCUT2D eigenvalue weighted by Crippen LogP contribution is 2.27. The van der Waals surface area contributed by atoms with Crippen molar-refractivity contribution in [3.8, 4) is 0 Å². The molecule has 0 saturated heterocycles. The average molecular weight is 156 g/mol. The number of hydrazine groups is 1. The number of rotatable bonds is 1. The maximum absolute atomic E-state index is 10.8. The minimum absolute atomic E-state index is 0.331. The van der Waals surface area contributed by atoms with Crippen molar-refractivity contribution in [2.45, 2.75) is 19.4 Å². The Labute approximate surface area is 65.6 Å². The summed E-state index contributed by atoms with van der Waals surface area (Å²) >= 11 is 0. The number of carbonyl (C=O) groups excluding carboxylic acids is 1. The summed E-state index contributed by atoms with van der Waals surface area (Å²) in [5.74, 6) is 5.14. The highest BCUT2D eigenvalue weighted by atomic mass is 16.6. The summed E-state index contributed by atoms with van der Waals surface area (Å²) < 4.78 is 4.97.